The molecule has 0 radical (unpaired) electrons. The molecule has 0 aliphatic carbocycles. The lowest BCUT2D eigenvalue weighted by atomic mass is 10.1. The fourth-order valence-corrected chi connectivity index (χ4v) is 4.43. The molecule has 26 heavy (non-hydrogen) atoms. The van der Waals surface area contributed by atoms with E-state index in [0.717, 1.165) is 19.3 Å². The topological polar surface area (TPSA) is 92.5 Å². The van der Waals surface area contributed by atoms with Crippen molar-refractivity contribution < 1.29 is 22.0 Å². The maximum absolute atomic E-state index is 13.1. The van der Waals surface area contributed by atoms with Gasteiger partial charge in [0.1, 0.15) is 0 Å². The molecule has 6 nitrogen and oxygen atoms in total. The molecule has 2 rings (SSSR count). The fourth-order valence-electron chi connectivity index (χ4n) is 2.73. The van der Waals surface area contributed by atoms with Crippen LogP contribution in [0.2, 0.25) is 0 Å². The molecule has 1 fully saturated rings. The molecule has 1 amide bonds. The average Bonchev–Trinajstić information content (AvgIpc) is 2.60. The molecule has 1 unspecified atom stereocenters. The van der Waals surface area contributed by atoms with E-state index in [1.165, 1.54) is 28.6 Å². The Morgan fingerprint density at radius 2 is 1.92 bits per heavy atom. The summed E-state index contributed by atoms with van der Waals surface area (Å²) in [6.45, 7) is 0.613. The van der Waals surface area contributed by atoms with Crippen LogP contribution < -0.4 is 11.1 Å². The van der Waals surface area contributed by atoms with Crippen LogP contribution in [0, 0.1) is 0 Å². The van der Waals surface area contributed by atoms with Crippen LogP contribution in [0.4, 0.5) is 8.78 Å². The first kappa shape index (κ1) is 22.8. The van der Waals surface area contributed by atoms with Crippen LogP contribution in [0.25, 0.3) is 0 Å². The van der Waals surface area contributed by atoms with E-state index in [0.29, 0.717) is 6.54 Å². The minimum absolute atomic E-state index is 0. The molecule has 1 aromatic carbocycles. The van der Waals surface area contributed by atoms with Crippen molar-refractivity contribution in [2.45, 2.75) is 43.0 Å². The predicted molar refractivity (Wildman–Crippen MR) is 97.2 cm³/mol. The van der Waals surface area contributed by atoms with E-state index in [1.54, 1.807) is 0 Å². The summed E-state index contributed by atoms with van der Waals surface area (Å²) in [4.78, 5) is 12.0. The minimum atomic E-state index is -3.63. The summed E-state index contributed by atoms with van der Waals surface area (Å²) < 4.78 is 53.0. The highest BCUT2D eigenvalue weighted by Crippen LogP contribution is 2.25. The number of alkyl halides is 2. The Kier molecular flexibility index (Phi) is 7.94. The molecule has 0 spiro atoms. The van der Waals surface area contributed by atoms with E-state index >= 15 is 0 Å². The molecule has 1 aliphatic rings. The third kappa shape index (κ3) is 5.35. The summed E-state index contributed by atoms with van der Waals surface area (Å²) in [7, 11) is -3.63. The number of rotatable bonds is 6. The molecule has 1 aliphatic heterocycles. The van der Waals surface area contributed by atoms with Gasteiger partial charge in [-0.1, -0.05) is 6.42 Å². The lowest BCUT2D eigenvalue weighted by molar-refractivity contribution is 0.0118. The van der Waals surface area contributed by atoms with Crippen LogP contribution in [0.3, 0.4) is 0 Å². The van der Waals surface area contributed by atoms with Crippen molar-refractivity contribution in [3.63, 3.8) is 0 Å². The van der Waals surface area contributed by atoms with Crippen LogP contribution in [0.5, 0.6) is 0 Å². The van der Waals surface area contributed by atoms with E-state index in [-0.39, 0.29) is 28.9 Å². The highest BCUT2D eigenvalue weighted by atomic mass is 35.5. The van der Waals surface area contributed by atoms with Gasteiger partial charge in [0.15, 0.2) is 0 Å². The zero-order chi connectivity index (χ0) is 18.7. The maximum Gasteiger partial charge on any atom is 0.277 e. The van der Waals surface area contributed by atoms with E-state index < -0.39 is 34.9 Å². The summed E-state index contributed by atoms with van der Waals surface area (Å²) in [5, 5.41) is 2.09. The van der Waals surface area contributed by atoms with Gasteiger partial charge in [-0.15, -0.1) is 12.4 Å². The Morgan fingerprint density at radius 1 is 1.31 bits per heavy atom. The molecule has 0 saturated carbocycles. The standard InChI is InChI=1S/C16H23F2N3O3S.ClH/c1-12-4-2-3-9-21(12)25(23,24)14-7-5-13(6-8-14)15(22)20-11-16(17,18)10-19;/h5-8,12H,2-4,9-11,19H2,1H3,(H,20,22);1H. The van der Waals surface area contributed by atoms with Crippen LogP contribution in [-0.4, -0.2) is 50.2 Å². The number of hydrogen-bond donors (Lipinski definition) is 2. The van der Waals surface area contributed by atoms with Crippen LogP contribution >= 0.6 is 12.4 Å². The second-order valence-corrected chi connectivity index (χ2v) is 8.12. The van der Waals surface area contributed by atoms with E-state index in [2.05, 4.69) is 5.32 Å². The molecule has 10 heteroatoms. The van der Waals surface area contributed by atoms with Crippen LogP contribution in [-0.2, 0) is 10.0 Å². The summed E-state index contributed by atoms with van der Waals surface area (Å²) in [6.07, 6.45) is 2.63. The lowest BCUT2D eigenvalue weighted by Gasteiger charge is -2.32. The van der Waals surface area contributed by atoms with E-state index in [4.69, 9.17) is 5.73 Å². The van der Waals surface area contributed by atoms with Crippen molar-refractivity contribution in [1.82, 2.24) is 9.62 Å². The SMILES string of the molecule is CC1CCCCN1S(=O)(=O)c1ccc(C(=O)NCC(F)(F)CN)cc1.Cl. The van der Waals surface area contributed by atoms with Gasteiger partial charge in [-0.05, 0) is 44.0 Å². The normalized spacial score (nSPS) is 18.8. The average molecular weight is 412 g/mol. The molecule has 0 bridgehead atoms. The number of halogens is 3. The zero-order valence-electron chi connectivity index (χ0n) is 14.5. The van der Waals surface area contributed by atoms with Gasteiger partial charge >= 0.3 is 0 Å². The van der Waals surface area contributed by atoms with Crippen molar-refractivity contribution in [2.24, 2.45) is 5.73 Å². The number of nitrogens with zero attached hydrogens (tertiary/aromatic N) is 1. The highest BCUT2D eigenvalue weighted by molar-refractivity contribution is 7.89. The number of carbonyl (C=O) groups is 1. The quantitative estimate of drug-likeness (QED) is 0.748. The van der Waals surface area contributed by atoms with Crippen LogP contribution in [0.1, 0.15) is 36.5 Å². The smallest absolute Gasteiger partial charge is 0.277 e. The predicted octanol–water partition coefficient (Wildman–Crippen LogP) is 2.00. The Hall–Kier alpha value is -1.29. The Balaban J connectivity index is 0.00000338. The highest BCUT2D eigenvalue weighted by Gasteiger charge is 2.31. The third-order valence-electron chi connectivity index (χ3n) is 4.27. The van der Waals surface area contributed by atoms with Gasteiger partial charge in [-0.3, -0.25) is 4.79 Å². The molecule has 3 N–H and O–H groups in total. The number of hydrogen-bond acceptors (Lipinski definition) is 4. The summed E-state index contributed by atoms with van der Waals surface area (Å²) in [5.74, 6) is -3.88. The number of sulfonamides is 1. The van der Waals surface area contributed by atoms with Crippen LogP contribution in [0.15, 0.2) is 29.2 Å². The Morgan fingerprint density at radius 3 is 2.46 bits per heavy atom. The molecule has 0 aromatic heterocycles. The second kappa shape index (κ2) is 9.07. The number of benzene rings is 1. The van der Waals surface area contributed by atoms with Gasteiger partial charge in [-0.25, -0.2) is 17.2 Å². The number of nitrogens with one attached hydrogen (secondary N) is 1. The molecule has 1 aromatic rings. The first-order valence-corrected chi connectivity index (χ1v) is 9.59. The van der Waals surface area contributed by atoms with Crippen molar-refractivity contribution in [3.8, 4) is 0 Å². The van der Waals surface area contributed by atoms with Gasteiger partial charge in [0.2, 0.25) is 10.0 Å². The van der Waals surface area contributed by atoms with Crippen molar-refractivity contribution >= 4 is 28.3 Å². The second-order valence-electron chi connectivity index (χ2n) is 6.23. The monoisotopic (exact) mass is 411 g/mol. The van der Waals surface area contributed by atoms with Gasteiger partial charge in [0.25, 0.3) is 11.8 Å². The Labute approximate surface area is 158 Å². The minimum Gasteiger partial charge on any atom is -0.346 e. The molecule has 148 valence electrons. The van der Waals surface area contributed by atoms with Crippen molar-refractivity contribution in [1.29, 1.82) is 0 Å². The zero-order valence-corrected chi connectivity index (χ0v) is 16.1. The van der Waals surface area contributed by atoms with Gasteiger partial charge < -0.3 is 11.1 Å². The summed E-state index contributed by atoms with van der Waals surface area (Å²) in [6, 6.07) is 5.22. The number of nitrogens with two attached hydrogens (primary N) is 1. The fraction of sp³-hybridized carbons (Fsp3) is 0.562. The van der Waals surface area contributed by atoms with Gasteiger partial charge in [0.05, 0.1) is 18.0 Å². The molecular weight excluding hydrogens is 388 g/mol. The lowest BCUT2D eigenvalue weighted by Crippen LogP contribution is -2.42. The first-order valence-electron chi connectivity index (χ1n) is 8.15. The maximum atomic E-state index is 13.1. The largest absolute Gasteiger partial charge is 0.346 e. The van der Waals surface area contributed by atoms with Gasteiger partial charge in [0, 0.05) is 18.2 Å². The first-order chi connectivity index (χ1) is 11.7. The third-order valence-corrected chi connectivity index (χ3v) is 6.30. The van der Waals surface area contributed by atoms with E-state index in [9.17, 15) is 22.0 Å². The summed E-state index contributed by atoms with van der Waals surface area (Å²) in [5.41, 5.74) is 5.02. The molecule has 1 heterocycles. The summed E-state index contributed by atoms with van der Waals surface area (Å²) >= 11 is 0. The molecule has 1 saturated heterocycles. The van der Waals surface area contributed by atoms with Gasteiger partial charge in [-0.2, -0.15) is 4.31 Å². The van der Waals surface area contributed by atoms with Crippen molar-refractivity contribution in [3.05, 3.63) is 29.8 Å². The molecular formula is C16H24ClF2N3O3S. The van der Waals surface area contributed by atoms with E-state index in [1.807, 2.05) is 6.92 Å². The number of amides is 1. The van der Waals surface area contributed by atoms with Crippen molar-refractivity contribution in [2.75, 3.05) is 19.6 Å². The number of piperidine rings is 1. The molecule has 1 atom stereocenters. The number of carbonyl (C=O) groups excluding carboxylic acids is 1. The Bertz CT molecular complexity index is 714.